The van der Waals surface area contributed by atoms with Crippen molar-refractivity contribution in [3.8, 4) is 5.75 Å². The predicted molar refractivity (Wildman–Crippen MR) is 80.1 cm³/mol. The van der Waals surface area contributed by atoms with Crippen molar-refractivity contribution in [1.29, 1.82) is 0 Å². The number of nitrogens with one attached hydrogen (secondary N) is 1. The van der Waals surface area contributed by atoms with Crippen LogP contribution in [0.3, 0.4) is 0 Å². The van der Waals surface area contributed by atoms with Crippen molar-refractivity contribution < 1.29 is 9.90 Å². The van der Waals surface area contributed by atoms with Crippen LogP contribution in [0.1, 0.15) is 36.5 Å². The summed E-state index contributed by atoms with van der Waals surface area (Å²) in [7, 11) is 0. The first-order valence-electron chi connectivity index (χ1n) is 6.52. The Bertz CT molecular complexity index is 467. The van der Waals surface area contributed by atoms with E-state index < -0.39 is 0 Å². The summed E-state index contributed by atoms with van der Waals surface area (Å²) in [6, 6.07) is 4.63. The zero-order valence-corrected chi connectivity index (χ0v) is 12.4. The molecule has 3 nitrogen and oxygen atoms in total. The Balaban J connectivity index is 2.06. The number of benzene rings is 1. The molecule has 0 aromatic heterocycles. The molecule has 2 N–H and O–H groups in total. The molecule has 1 aliphatic carbocycles. The topological polar surface area (TPSA) is 49.3 Å². The number of carbonyl (C=O) groups excluding carboxylic acids is 1. The van der Waals surface area contributed by atoms with Crippen LogP contribution in [-0.2, 0) is 0 Å². The van der Waals surface area contributed by atoms with Gasteiger partial charge in [-0.3, -0.25) is 4.79 Å². The highest BCUT2D eigenvalue weighted by atomic mass is 35.5. The second-order valence-corrected chi connectivity index (χ2v) is 6.59. The number of carbonyl (C=O) groups is 1. The predicted octanol–water partition coefficient (Wildman–Crippen LogP) is 3.45. The summed E-state index contributed by atoms with van der Waals surface area (Å²) in [6.45, 7) is 2.13. The summed E-state index contributed by atoms with van der Waals surface area (Å²) in [6.07, 6.45) is 3.31. The fourth-order valence-electron chi connectivity index (χ4n) is 2.44. The minimum atomic E-state index is -0.200. The molecule has 2 rings (SSSR count). The van der Waals surface area contributed by atoms with E-state index in [4.69, 9.17) is 11.6 Å². The van der Waals surface area contributed by atoms with Crippen LogP contribution in [0.25, 0.3) is 0 Å². The first-order valence-corrected chi connectivity index (χ1v) is 7.95. The van der Waals surface area contributed by atoms with E-state index in [1.54, 1.807) is 6.07 Å². The molecular formula is C14H18ClNO2S. The Morgan fingerprint density at radius 2 is 2.32 bits per heavy atom. The number of hydrogen-bond donors (Lipinski definition) is 2. The van der Waals surface area contributed by atoms with E-state index in [1.165, 1.54) is 12.1 Å². The standard InChI is InChI=1S/C14H18ClNO2S/c1-2-19-13-5-3-4-12(13)16-14(18)10-8-9(17)6-7-11(10)15/h6-8,12-13,17H,2-5H2,1H3,(H,16,18). The van der Waals surface area contributed by atoms with Crippen LogP contribution < -0.4 is 5.32 Å². The highest BCUT2D eigenvalue weighted by Gasteiger charge is 2.29. The summed E-state index contributed by atoms with van der Waals surface area (Å²) in [5, 5.41) is 13.3. The van der Waals surface area contributed by atoms with Gasteiger partial charge in [-0.05, 0) is 36.8 Å². The molecule has 1 saturated carbocycles. The number of rotatable bonds is 4. The molecule has 0 aliphatic heterocycles. The first-order chi connectivity index (χ1) is 9.11. The van der Waals surface area contributed by atoms with Crippen LogP contribution in [0.15, 0.2) is 18.2 Å². The first kappa shape index (κ1) is 14.5. The third-order valence-electron chi connectivity index (χ3n) is 3.34. The van der Waals surface area contributed by atoms with Gasteiger partial charge in [-0.15, -0.1) is 0 Å². The summed E-state index contributed by atoms with van der Waals surface area (Å²) in [5.41, 5.74) is 0.341. The Morgan fingerprint density at radius 1 is 1.53 bits per heavy atom. The molecule has 0 heterocycles. The fourth-order valence-corrected chi connectivity index (χ4v) is 3.84. The molecule has 1 fully saturated rings. The minimum Gasteiger partial charge on any atom is -0.508 e. The van der Waals surface area contributed by atoms with Crippen LogP contribution in [0.2, 0.25) is 5.02 Å². The van der Waals surface area contributed by atoms with Gasteiger partial charge in [0.2, 0.25) is 0 Å². The van der Waals surface area contributed by atoms with E-state index in [1.807, 2.05) is 11.8 Å². The van der Waals surface area contributed by atoms with Crippen LogP contribution >= 0.6 is 23.4 Å². The molecule has 1 aromatic carbocycles. The lowest BCUT2D eigenvalue weighted by Crippen LogP contribution is -2.38. The normalized spacial score (nSPS) is 22.4. The summed E-state index contributed by atoms with van der Waals surface area (Å²) < 4.78 is 0. The highest BCUT2D eigenvalue weighted by Crippen LogP contribution is 2.30. The molecule has 0 radical (unpaired) electrons. The molecule has 1 aromatic rings. The molecule has 0 saturated heterocycles. The maximum atomic E-state index is 12.2. The van der Waals surface area contributed by atoms with Crippen molar-refractivity contribution in [2.24, 2.45) is 0 Å². The van der Waals surface area contributed by atoms with Gasteiger partial charge in [0.25, 0.3) is 5.91 Å². The molecule has 2 unspecified atom stereocenters. The fraction of sp³-hybridized carbons (Fsp3) is 0.500. The van der Waals surface area contributed by atoms with Gasteiger partial charge in [0.05, 0.1) is 10.6 Å². The van der Waals surface area contributed by atoms with Crippen LogP contribution in [0.5, 0.6) is 5.75 Å². The number of phenols is 1. The summed E-state index contributed by atoms with van der Waals surface area (Å²) >= 11 is 7.89. The van der Waals surface area contributed by atoms with Crippen LogP contribution in [-0.4, -0.2) is 28.1 Å². The SMILES string of the molecule is CCSC1CCCC1NC(=O)c1cc(O)ccc1Cl. The number of aromatic hydroxyl groups is 1. The van der Waals surface area contributed by atoms with Crippen LogP contribution in [0.4, 0.5) is 0 Å². The second-order valence-electron chi connectivity index (χ2n) is 4.67. The third-order valence-corrected chi connectivity index (χ3v) is 5.00. The maximum absolute atomic E-state index is 12.2. The van der Waals surface area contributed by atoms with Gasteiger partial charge >= 0.3 is 0 Å². The lowest BCUT2D eigenvalue weighted by Gasteiger charge is -2.20. The number of amides is 1. The zero-order chi connectivity index (χ0) is 13.8. The molecule has 19 heavy (non-hydrogen) atoms. The lowest BCUT2D eigenvalue weighted by molar-refractivity contribution is 0.0938. The van der Waals surface area contributed by atoms with E-state index in [2.05, 4.69) is 12.2 Å². The molecule has 0 bridgehead atoms. The van der Waals surface area contributed by atoms with Crippen molar-refractivity contribution in [3.63, 3.8) is 0 Å². The molecule has 2 atom stereocenters. The largest absolute Gasteiger partial charge is 0.508 e. The third kappa shape index (κ3) is 3.57. The van der Waals surface area contributed by atoms with Gasteiger partial charge in [-0.2, -0.15) is 11.8 Å². The smallest absolute Gasteiger partial charge is 0.253 e. The van der Waals surface area contributed by atoms with Gasteiger partial charge in [0, 0.05) is 11.3 Å². The van der Waals surface area contributed by atoms with E-state index in [9.17, 15) is 9.90 Å². The lowest BCUT2D eigenvalue weighted by atomic mass is 10.1. The number of halogens is 1. The van der Waals surface area contributed by atoms with E-state index in [-0.39, 0.29) is 17.7 Å². The molecule has 1 aliphatic rings. The van der Waals surface area contributed by atoms with Gasteiger partial charge in [-0.1, -0.05) is 24.9 Å². The van der Waals surface area contributed by atoms with Gasteiger partial charge in [0.1, 0.15) is 5.75 Å². The molecule has 0 spiro atoms. The average Bonchev–Trinajstić information content (AvgIpc) is 2.80. The maximum Gasteiger partial charge on any atom is 0.253 e. The van der Waals surface area contributed by atoms with Gasteiger partial charge < -0.3 is 10.4 Å². The van der Waals surface area contributed by atoms with E-state index in [0.29, 0.717) is 15.8 Å². The highest BCUT2D eigenvalue weighted by molar-refractivity contribution is 7.99. The van der Waals surface area contributed by atoms with Crippen molar-refractivity contribution in [1.82, 2.24) is 5.32 Å². The molecule has 1 amide bonds. The number of thioether (sulfide) groups is 1. The molecule has 104 valence electrons. The van der Waals surface area contributed by atoms with Crippen molar-refractivity contribution >= 4 is 29.3 Å². The number of phenolic OH excluding ortho intramolecular Hbond substituents is 1. The van der Waals surface area contributed by atoms with E-state index in [0.717, 1.165) is 25.0 Å². The molecular weight excluding hydrogens is 282 g/mol. The quantitative estimate of drug-likeness (QED) is 0.895. The van der Waals surface area contributed by atoms with Crippen LogP contribution in [0, 0.1) is 0 Å². The molecule has 5 heteroatoms. The minimum absolute atomic E-state index is 0.0560. The zero-order valence-electron chi connectivity index (χ0n) is 10.9. The van der Waals surface area contributed by atoms with E-state index >= 15 is 0 Å². The number of hydrogen-bond acceptors (Lipinski definition) is 3. The van der Waals surface area contributed by atoms with Gasteiger partial charge in [0.15, 0.2) is 0 Å². The van der Waals surface area contributed by atoms with Crippen molar-refractivity contribution in [3.05, 3.63) is 28.8 Å². The van der Waals surface area contributed by atoms with Crippen molar-refractivity contribution in [2.45, 2.75) is 37.5 Å². The summed E-state index contributed by atoms with van der Waals surface area (Å²) in [5.74, 6) is 0.916. The Morgan fingerprint density at radius 3 is 3.05 bits per heavy atom. The Hall–Kier alpha value is -0.870. The summed E-state index contributed by atoms with van der Waals surface area (Å²) in [4.78, 5) is 12.2. The Kier molecular flexibility index (Phi) is 4.99. The van der Waals surface area contributed by atoms with Gasteiger partial charge in [-0.25, -0.2) is 0 Å². The second kappa shape index (κ2) is 6.53. The average molecular weight is 300 g/mol. The monoisotopic (exact) mass is 299 g/mol. The van der Waals surface area contributed by atoms with Crippen molar-refractivity contribution in [2.75, 3.05) is 5.75 Å². The Labute approximate surface area is 122 Å².